The van der Waals surface area contributed by atoms with E-state index in [0.717, 1.165) is 23.5 Å². The van der Waals surface area contributed by atoms with E-state index in [9.17, 15) is 22.4 Å². The third kappa shape index (κ3) is 5.52. The van der Waals surface area contributed by atoms with Crippen LogP contribution < -0.4 is 10.1 Å². The third-order valence-electron chi connectivity index (χ3n) is 3.47. The Kier molecular flexibility index (Phi) is 5.93. The van der Waals surface area contributed by atoms with Gasteiger partial charge in [-0.15, -0.1) is 11.3 Å². The van der Waals surface area contributed by atoms with Crippen molar-refractivity contribution in [2.24, 2.45) is 4.99 Å². The molecule has 0 saturated carbocycles. The van der Waals surface area contributed by atoms with Crippen LogP contribution in [0.25, 0.3) is 11.3 Å². The number of hydrogen-bond donors (Lipinski definition) is 1. The van der Waals surface area contributed by atoms with Crippen LogP contribution in [0.4, 0.5) is 22.7 Å². The summed E-state index contributed by atoms with van der Waals surface area (Å²) in [6.07, 6.45) is 0.545. The molecule has 3 rings (SSSR count). The Hall–Kier alpha value is -2.95. The standard InChI is InChI=1S/C17H14F4N4O2S/c18-12-6-11(2-3-14(12)27-9-17(19,20)21)13-8-28-16(23-13)24-15(26)7-25-5-1-4-22-10-25/h1-6,8H,7,9-10H2,(H,23,24,26). The van der Waals surface area contributed by atoms with Gasteiger partial charge in [-0.3, -0.25) is 9.79 Å². The van der Waals surface area contributed by atoms with Gasteiger partial charge in [-0.25, -0.2) is 9.37 Å². The monoisotopic (exact) mass is 414 g/mol. The van der Waals surface area contributed by atoms with Crippen molar-refractivity contribution in [3.05, 3.63) is 41.7 Å². The van der Waals surface area contributed by atoms with Crippen LogP contribution in [0, 0.1) is 5.82 Å². The summed E-state index contributed by atoms with van der Waals surface area (Å²) >= 11 is 1.15. The first-order chi connectivity index (χ1) is 13.3. The number of carbonyl (C=O) groups excluding carboxylic acids is 1. The molecule has 1 aliphatic rings. The molecule has 0 unspecified atom stereocenters. The average Bonchev–Trinajstić information content (AvgIpc) is 3.09. The summed E-state index contributed by atoms with van der Waals surface area (Å²) in [4.78, 5) is 22.0. The summed E-state index contributed by atoms with van der Waals surface area (Å²) in [5, 5.41) is 4.56. The fourth-order valence-electron chi connectivity index (χ4n) is 2.27. The van der Waals surface area contributed by atoms with E-state index in [4.69, 9.17) is 0 Å². The van der Waals surface area contributed by atoms with Gasteiger partial charge in [0.25, 0.3) is 0 Å². The first-order valence-corrected chi connectivity index (χ1v) is 8.84. The highest BCUT2D eigenvalue weighted by Gasteiger charge is 2.29. The van der Waals surface area contributed by atoms with E-state index >= 15 is 0 Å². The number of aliphatic imine (C=N–C) groups is 1. The molecule has 1 aromatic carbocycles. The Labute approximate surface area is 161 Å². The number of nitrogens with one attached hydrogen (secondary N) is 1. The second-order valence-corrected chi connectivity index (χ2v) is 6.55. The summed E-state index contributed by atoms with van der Waals surface area (Å²) in [5.41, 5.74) is 0.728. The van der Waals surface area contributed by atoms with E-state index in [1.54, 1.807) is 28.8 Å². The van der Waals surface area contributed by atoms with Gasteiger partial charge < -0.3 is 15.0 Å². The van der Waals surface area contributed by atoms with Gasteiger partial charge in [0, 0.05) is 23.4 Å². The van der Waals surface area contributed by atoms with Gasteiger partial charge in [-0.2, -0.15) is 13.2 Å². The molecular formula is C17H14F4N4O2S. The lowest BCUT2D eigenvalue weighted by molar-refractivity contribution is -0.153. The van der Waals surface area contributed by atoms with Crippen LogP contribution in [0.2, 0.25) is 0 Å². The van der Waals surface area contributed by atoms with E-state index < -0.39 is 24.3 Å². The highest BCUT2D eigenvalue weighted by Crippen LogP contribution is 2.29. The zero-order chi connectivity index (χ0) is 20.1. The Morgan fingerprint density at radius 3 is 2.86 bits per heavy atom. The molecule has 0 spiro atoms. The van der Waals surface area contributed by atoms with E-state index in [1.807, 2.05) is 0 Å². The maximum Gasteiger partial charge on any atom is 0.422 e. The van der Waals surface area contributed by atoms with Gasteiger partial charge in [0.05, 0.1) is 12.2 Å². The van der Waals surface area contributed by atoms with Crippen LogP contribution in [-0.4, -0.2) is 48.0 Å². The summed E-state index contributed by atoms with van der Waals surface area (Å²) in [6, 6.07) is 3.53. The van der Waals surface area contributed by atoms with Crippen molar-refractivity contribution >= 4 is 28.6 Å². The fourth-order valence-corrected chi connectivity index (χ4v) is 3.00. The average molecular weight is 414 g/mol. The van der Waals surface area contributed by atoms with Crippen molar-refractivity contribution in [2.45, 2.75) is 6.18 Å². The molecule has 0 bridgehead atoms. The molecule has 0 fully saturated rings. The molecule has 1 aromatic heterocycles. The van der Waals surface area contributed by atoms with Crippen LogP contribution >= 0.6 is 11.3 Å². The van der Waals surface area contributed by atoms with E-state index in [-0.39, 0.29) is 12.5 Å². The number of allylic oxidation sites excluding steroid dienone is 1. The number of halogens is 4. The topological polar surface area (TPSA) is 66.8 Å². The van der Waals surface area contributed by atoms with Crippen LogP contribution in [0.5, 0.6) is 5.75 Å². The molecule has 11 heteroatoms. The smallest absolute Gasteiger partial charge is 0.422 e. The second kappa shape index (κ2) is 8.38. The zero-order valence-electron chi connectivity index (χ0n) is 14.2. The van der Waals surface area contributed by atoms with Crippen molar-refractivity contribution in [3.8, 4) is 17.0 Å². The highest BCUT2D eigenvalue weighted by molar-refractivity contribution is 7.14. The molecule has 148 valence electrons. The Morgan fingerprint density at radius 2 is 2.18 bits per heavy atom. The van der Waals surface area contributed by atoms with Crippen LogP contribution in [-0.2, 0) is 4.79 Å². The highest BCUT2D eigenvalue weighted by atomic mass is 32.1. The molecule has 1 aliphatic heterocycles. The third-order valence-corrected chi connectivity index (χ3v) is 4.23. The van der Waals surface area contributed by atoms with Crippen LogP contribution in [0.3, 0.4) is 0 Å². The second-order valence-electron chi connectivity index (χ2n) is 5.70. The number of rotatable bonds is 6. The minimum atomic E-state index is -4.55. The largest absolute Gasteiger partial charge is 0.481 e. The number of hydrogen-bond acceptors (Lipinski definition) is 6. The molecular weight excluding hydrogens is 400 g/mol. The predicted molar refractivity (Wildman–Crippen MR) is 96.9 cm³/mol. The predicted octanol–water partition coefficient (Wildman–Crippen LogP) is 3.69. The van der Waals surface area contributed by atoms with E-state index in [0.29, 0.717) is 23.1 Å². The first-order valence-electron chi connectivity index (χ1n) is 7.96. The van der Waals surface area contributed by atoms with Crippen LogP contribution in [0.1, 0.15) is 0 Å². The number of nitrogens with zero attached hydrogens (tertiary/aromatic N) is 3. The van der Waals surface area contributed by atoms with Crippen molar-refractivity contribution in [3.63, 3.8) is 0 Å². The van der Waals surface area contributed by atoms with Gasteiger partial charge >= 0.3 is 6.18 Å². The van der Waals surface area contributed by atoms with E-state index in [2.05, 4.69) is 20.0 Å². The number of anilines is 1. The van der Waals surface area contributed by atoms with Gasteiger partial charge in [-0.05, 0) is 24.3 Å². The summed E-state index contributed by atoms with van der Waals surface area (Å²) < 4.78 is 54.9. The summed E-state index contributed by atoms with van der Waals surface area (Å²) in [7, 11) is 0. The molecule has 2 aromatic rings. The van der Waals surface area contributed by atoms with Crippen molar-refractivity contribution < 1.29 is 27.1 Å². The molecule has 28 heavy (non-hydrogen) atoms. The minimum Gasteiger partial charge on any atom is -0.481 e. The molecule has 0 atom stereocenters. The normalized spacial score (nSPS) is 13.6. The number of benzene rings is 1. The van der Waals surface area contributed by atoms with Crippen molar-refractivity contribution in [2.75, 3.05) is 25.1 Å². The van der Waals surface area contributed by atoms with Gasteiger partial charge in [0.2, 0.25) is 5.91 Å². The van der Waals surface area contributed by atoms with Gasteiger partial charge in [-0.1, -0.05) is 0 Å². The number of ether oxygens (including phenoxy) is 1. The lowest BCUT2D eigenvalue weighted by Gasteiger charge is -2.18. The SMILES string of the molecule is O=C(CN1C=CC=NC1)Nc1nc(-c2ccc(OCC(F)(F)F)c(F)c2)cs1. The van der Waals surface area contributed by atoms with Gasteiger partial charge in [0.15, 0.2) is 23.3 Å². The number of carbonyl (C=O) groups is 1. The fraction of sp³-hybridized carbons (Fsp3) is 0.235. The number of aromatic nitrogens is 1. The molecule has 0 radical (unpaired) electrons. The molecule has 1 amide bonds. The minimum absolute atomic E-state index is 0.0998. The zero-order valence-corrected chi connectivity index (χ0v) is 15.1. The number of thiazole rings is 1. The lowest BCUT2D eigenvalue weighted by atomic mass is 10.1. The maximum atomic E-state index is 14.0. The number of amides is 1. The van der Waals surface area contributed by atoms with E-state index in [1.165, 1.54) is 6.07 Å². The van der Waals surface area contributed by atoms with Gasteiger partial charge in [0.1, 0.15) is 6.67 Å². The lowest BCUT2D eigenvalue weighted by Crippen LogP contribution is -2.30. The molecule has 6 nitrogen and oxygen atoms in total. The first kappa shape index (κ1) is 19.8. The van der Waals surface area contributed by atoms with Crippen molar-refractivity contribution in [1.29, 1.82) is 0 Å². The molecule has 1 N–H and O–H groups in total. The molecule has 2 heterocycles. The molecule has 0 saturated heterocycles. The Balaban J connectivity index is 1.61. The van der Waals surface area contributed by atoms with Crippen molar-refractivity contribution in [1.82, 2.24) is 9.88 Å². The Bertz CT molecular complexity index is 911. The molecule has 0 aliphatic carbocycles. The summed E-state index contributed by atoms with van der Waals surface area (Å²) in [6.45, 7) is -1.09. The maximum absolute atomic E-state index is 14.0. The number of alkyl halides is 3. The Morgan fingerprint density at radius 1 is 1.36 bits per heavy atom. The quantitative estimate of drug-likeness (QED) is 0.733. The summed E-state index contributed by atoms with van der Waals surface area (Å²) in [5.74, 6) is -1.72. The van der Waals surface area contributed by atoms with Crippen LogP contribution in [0.15, 0.2) is 40.8 Å².